The smallest absolute Gasteiger partial charge is 0.409 e. The molecule has 0 spiro atoms. The number of likely N-dealkylation sites (tertiary alicyclic amines) is 1. The number of aliphatic imine (C=N–C) groups is 1. The summed E-state index contributed by atoms with van der Waals surface area (Å²) in [6.45, 7) is 5.91. The highest BCUT2D eigenvalue weighted by Gasteiger charge is 2.23. The minimum absolute atomic E-state index is 0.107. The van der Waals surface area contributed by atoms with Crippen LogP contribution in [0.25, 0.3) is 0 Å². The van der Waals surface area contributed by atoms with E-state index in [9.17, 15) is 4.79 Å². The first-order valence-corrected chi connectivity index (χ1v) is 9.30. The van der Waals surface area contributed by atoms with Crippen LogP contribution >= 0.6 is 0 Å². The van der Waals surface area contributed by atoms with Crippen LogP contribution in [0.2, 0.25) is 0 Å². The normalized spacial score (nSPS) is 16.6. The van der Waals surface area contributed by atoms with Gasteiger partial charge < -0.3 is 30.2 Å². The lowest BCUT2D eigenvalue weighted by molar-refractivity contribution is 0.0963. The van der Waals surface area contributed by atoms with Gasteiger partial charge in [0, 0.05) is 19.1 Å². The molecular weight excluding hydrogens is 348 g/mol. The maximum absolute atomic E-state index is 11.7. The highest BCUT2D eigenvalue weighted by Crippen LogP contribution is 2.18. The number of nitrogens with zero attached hydrogens (tertiary/aromatic N) is 2. The lowest BCUT2D eigenvalue weighted by atomic mass is 10.1. The molecule has 1 aliphatic rings. The van der Waals surface area contributed by atoms with Crippen LogP contribution in [0.1, 0.15) is 26.7 Å². The number of ether oxygens (including phenoxy) is 3. The number of carbonyl (C=O) groups is 1. The van der Waals surface area contributed by atoms with E-state index in [4.69, 9.17) is 19.9 Å². The van der Waals surface area contributed by atoms with Crippen molar-refractivity contribution in [2.24, 2.45) is 10.7 Å². The summed E-state index contributed by atoms with van der Waals surface area (Å²) < 4.78 is 16.0. The standard InChI is InChI=1S/C19H30N4O4/c1-4-26-19(24)23-11-9-15(10-12-23)22-18(20)21-13-14(2)27-17-7-5-16(25-3)6-8-17/h5-8,14-15H,4,9-13H2,1-3H3,(H3,20,21,22). The molecule has 8 nitrogen and oxygen atoms in total. The molecule has 1 amide bonds. The molecule has 0 aliphatic carbocycles. The van der Waals surface area contributed by atoms with Gasteiger partial charge >= 0.3 is 6.09 Å². The Hall–Kier alpha value is -2.64. The van der Waals surface area contributed by atoms with Crippen LogP contribution in [0.4, 0.5) is 4.79 Å². The molecule has 2 rings (SSSR count). The number of methoxy groups -OCH3 is 1. The van der Waals surface area contributed by atoms with Crippen molar-refractivity contribution in [1.82, 2.24) is 10.2 Å². The zero-order valence-corrected chi connectivity index (χ0v) is 16.3. The molecule has 8 heteroatoms. The van der Waals surface area contributed by atoms with Gasteiger partial charge in [-0.3, -0.25) is 0 Å². The van der Waals surface area contributed by atoms with Crippen molar-refractivity contribution in [3.63, 3.8) is 0 Å². The first-order chi connectivity index (χ1) is 13.0. The van der Waals surface area contributed by atoms with Gasteiger partial charge in [0.15, 0.2) is 5.96 Å². The number of carbonyl (C=O) groups excluding carboxylic acids is 1. The molecule has 0 aromatic heterocycles. The Morgan fingerprint density at radius 1 is 1.30 bits per heavy atom. The highest BCUT2D eigenvalue weighted by atomic mass is 16.6. The van der Waals surface area contributed by atoms with Crippen molar-refractivity contribution < 1.29 is 19.0 Å². The molecule has 1 heterocycles. The third-order valence-corrected chi connectivity index (χ3v) is 4.29. The number of hydrogen-bond donors (Lipinski definition) is 2. The van der Waals surface area contributed by atoms with Gasteiger partial charge in [-0.15, -0.1) is 0 Å². The van der Waals surface area contributed by atoms with E-state index >= 15 is 0 Å². The second-order valence-electron chi connectivity index (χ2n) is 6.43. The molecule has 1 atom stereocenters. The lowest BCUT2D eigenvalue weighted by Gasteiger charge is -2.31. The molecule has 1 aromatic carbocycles. The van der Waals surface area contributed by atoms with Gasteiger partial charge in [-0.1, -0.05) is 0 Å². The third-order valence-electron chi connectivity index (χ3n) is 4.29. The van der Waals surface area contributed by atoms with E-state index in [0.717, 1.165) is 24.3 Å². The van der Waals surface area contributed by atoms with Crippen LogP contribution in [-0.2, 0) is 4.74 Å². The Bertz CT molecular complexity index is 613. The Morgan fingerprint density at radius 3 is 2.52 bits per heavy atom. The summed E-state index contributed by atoms with van der Waals surface area (Å²) in [6.07, 6.45) is 1.27. The van der Waals surface area contributed by atoms with E-state index in [1.807, 2.05) is 38.1 Å². The zero-order valence-electron chi connectivity index (χ0n) is 16.3. The third kappa shape index (κ3) is 6.88. The van der Waals surface area contributed by atoms with Crippen molar-refractivity contribution in [2.45, 2.75) is 38.8 Å². The van der Waals surface area contributed by atoms with Crippen LogP contribution in [0, 0.1) is 0 Å². The summed E-state index contributed by atoms with van der Waals surface area (Å²) in [5.74, 6) is 1.95. The largest absolute Gasteiger partial charge is 0.497 e. The highest BCUT2D eigenvalue weighted by molar-refractivity contribution is 5.78. The summed E-state index contributed by atoms with van der Waals surface area (Å²) in [5.41, 5.74) is 5.99. The molecular formula is C19H30N4O4. The summed E-state index contributed by atoms with van der Waals surface area (Å²) >= 11 is 0. The Labute approximate surface area is 160 Å². The van der Waals surface area contributed by atoms with Gasteiger partial charge in [0.1, 0.15) is 17.6 Å². The molecule has 1 aromatic rings. The molecule has 0 radical (unpaired) electrons. The zero-order chi connectivity index (χ0) is 19.6. The van der Waals surface area contributed by atoms with Crippen molar-refractivity contribution in [2.75, 3.05) is 33.4 Å². The number of guanidine groups is 1. The van der Waals surface area contributed by atoms with Gasteiger partial charge in [-0.2, -0.15) is 0 Å². The number of piperidine rings is 1. The quantitative estimate of drug-likeness (QED) is 0.556. The Kier molecular flexibility index (Phi) is 8.03. The fraction of sp³-hybridized carbons (Fsp3) is 0.579. The van der Waals surface area contributed by atoms with E-state index in [0.29, 0.717) is 32.2 Å². The summed E-state index contributed by atoms with van der Waals surface area (Å²) in [7, 11) is 1.63. The van der Waals surface area contributed by atoms with Crippen LogP contribution in [0.3, 0.4) is 0 Å². The second kappa shape index (κ2) is 10.5. The monoisotopic (exact) mass is 378 g/mol. The number of hydrogen-bond acceptors (Lipinski definition) is 5. The number of amides is 1. The first kappa shape index (κ1) is 20.7. The van der Waals surface area contributed by atoms with Crippen molar-refractivity contribution in [1.29, 1.82) is 0 Å². The number of nitrogens with one attached hydrogen (secondary N) is 1. The Morgan fingerprint density at radius 2 is 1.93 bits per heavy atom. The first-order valence-electron chi connectivity index (χ1n) is 9.30. The van der Waals surface area contributed by atoms with E-state index < -0.39 is 0 Å². The van der Waals surface area contributed by atoms with Gasteiger partial charge in [-0.05, 0) is 51.0 Å². The van der Waals surface area contributed by atoms with E-state index in [1.165, 1.54) is 0 Å². The molecule has 0 bridgehead atoms. The fourth-order valence-electron chi connectivity index (χ4n) is 2.83. The van der Waals surface area contributed by atoms with Crippen molar-refractivity contribution in [3.05, 3.63) is 24.3 Å². The van der Waals surface area contributed by atoms with Crippen molar-refractivity contribution in [3.8, 4) is 11.5 Å². The molecule has 150 valence electrons. The van der Waals surface area contributed by atoms with Gasteiger partial charge in [0.05, 0.1) is 20.3 Å². The van der Waals surface area contributed by atoms with Gasteiger partial charge in [-0.25, -0.2) is 9.79 Å². The topological polar surface area (TPSA) is 98.4 Å². The van der Waals surface area contributed by atoms with Crippen LogP contribution in [0.15, 0.2) is 29.3 Å². The van der Waals surface area contributed by atoms with E-state index in [-0.39, 0.29) is 18.2 Å². The fourth-order valence-corrected chi connectivity index (χ4v) is 2.83. The molecule has 0 saturated carbocycles. The molecule has 1 aliphatic heterocycles. The summed E-state index contributed by atoms with van der Waals surface area (Å²) in [6, 6.07) is 7.63. The SMILES string of the molecule is CCOC(=O)N1CCC(NC(N)=NCC(C)Oc2ccc(OC)cc2)CC1. The lowest BCUT2D eigenvalue weighted by Crippen LogP contribution is -2.48. The molecule has 3 N–H and O–H groups in total. The minimum Gasteiger partial charge on any atom is -0.497 e. The number of benzene rings is 1. The predicted octanol–water partition coefficient (Wildman–Crippen LogP) is 1.99. The van der Waals surface area contributed by atoms with Crippen LogP contribution in [0.5, 0.6) is 11.5 Å². The van der Waals surface area contributed by atoms with Crippen LogP contribution < -0.4 is 20.5 Å². The average Bonchev–Trinajstić information content (AvgIpc) is 2.68. The van der Waals surface area contributed by atoms with E-state index in [2.05, 4.69) is 10.3 Å². The van der Waals surface area contributed by atoms with Crippen molar-refractivity contribution >= 4 is 12.1 Å². The Balaban J connectivity index is 1.71. The second-order valence-corrected chi connectivity index (χ2v) is 6.43. The van der Waals surface area contributed by atoms with E-state index in [1.54, 1.807) is 12.0 Å². The maximum Gasteiger partial charge on any atom is 0.409 e. The maximum atomic E-state index is 11.7. The van der Waals surface area contributed by atoms with Gasteiger partial charge in [0.2, 0.25) is 0 Å². The molecule has 1 saturated heterocycles. The summed E-state index contributed by atoms with van der Waals surface area (Å²) in [4.78, 5) is 17.8. The molecule has 27 heavy (non-hydrogen) atoms. The predicted molar refractivity (Wildman–Crippen MR) is 104 cm³/mol. The number of nitrogens with two attached hydrogens (primary N) is 1. The average molecular weight is 378 g/mol. The molecule has 1 fully saturated rings. The minimum atomic E-state index is -0.248. The van der Waals surface area contributed by atoms with Gasteiger partial charge in [0.25, 0.3) is 0 Å². The molecule has 1 unspecified atom stereocenters. The van der Waals surface area contributed by atoms with Crippen LogP contribution in [-0.4, -0.2) is 62.4 Å². The number of rotatable bonds is 7. The summed E-state index contributed by atoms with van der Waals surface area (Å²) in [5, 5.41) is 3.22.